The molecule has 1 aliphatic rings. The minimum absolute atomic E-state index is 0.0684. The minimum Gasteiger partial charge on any atom is -0.389 e. The normalized spacial score (nSPS) is 20.7. The number of carbonyl (C=O) groups excluding carboxylic acids is 1. The zero-order chi connectivity index (χ0) is 24.8. The minimum atomic E-state index is -4.02. The lowest BCUT2D eigenvalue weighted by Gasteiger charge is -2.27. The quantitative estimate of drug-likeness (QED) is 0.465. The predicted molar refractivity (Wildman–Crippen MR) is 133 cm³/mol. The number of hydrogen-bond donors (Lipinski definition) is 3. The van der Waals surface area contributed by atoms with Crippen LogP contribution in [0.2, 0.25) is 0 Å². The van der Waals surface area contributed by atoms with Gasteiger partial charge < -0.3 is 15.5 Å². The summed E-state index contributed by atoms with van der Waals surface area (Å²) in [6.07, 6.45) is -2.28. The molecule has 2 atom stereocenters. The van der Waals surface area contributed by atoms with Crippen LogP contribution in [0.5, 0.6) is 0 Å². The third-order valence-corrected chi connectivity index (χ3v) is 7.79. The highest BCUT2D eigenvalue weighted by Crippen LogP contribution is 2.25. The lowest BCUT2D eigenvalue weighted by atomic mass is 10.1. The summed E-state index contributed by atoms with van der Waals surface area (Å²) in [5.74, 6) is -0.219. The topological polar surface area (TPSA) is 110 Å². The van der Waals surface area contributed by atoms with Crippen molar-refractivity contribution in [3.05, 3.63) is 102 Å². The van der Waals surface area contributed by atoms with Gasteiger partial charge in [0.05, 0.1) is 18.6 Å². The van der Waals surface area contributed by atoms with Crippen LogP contribution in [-0.2, 0) is 34.5 Å². The third kappa shape index (κ3) is 6.33. The van der Waals surface area contributed by atoms with Gasteiger partial charge in [-0.05, 0) is 22.8 Å². The zero-order valence-corrected chi connectivity index (χ0v) is 20.0. The van der Waals surface area contributed by atoms with E-state index in [1.807, 2.05) is 60.7 Å². The molecule has 4 rings (SSSR count). The van der Waals surface area contributed by atoms with Crippen LogP contribution in [0.3, 0.4) is 0 Å². The fourth-order valence-electron chi connectivity index (χ4n) is 4.04. The van der Waals surface area contributed by atoms with Gasteiger partial charge in [0.25, 0.3) is 10.2 Å². The summed E-state index contributed by atoms with van der Waals surface area (Å²) in [7, 11) is -4.02. The molecule has 3 aromatic carbocycles. The Morgan fingerprint density at radius 1 is 0.771 bits per heavy atom. The Hall–Kier alpha value is -3.08. The molecule has 1 heterocycles. The fraction of sp³-hybridized carbons (Fsp3) is 0.269. The maximum Gasteiger partial charge on any atom is 0.282 e. The molecule has 1 aliphatic heterocycles. The van der Waals surface area contributed by atoms with Gasteiger partial charge in [0.1, 0.15) is 0 Å². The first-order valence-corrected chi connectivity index (χ1v) is 12.8. The summed E-state index contributed by atoms with van der Waals surface area (Å²) in [5, 5.41) is 23.7. The van der Waals surface area contributed by atoms with Crippen LogP contribution in [0, 0.1) is 0 Å². The van der Waals surface area contributed by atoms with Gasteiger partial charge in [0.15, 0.2) is 0 Å². The van der Waals surface area contributed by atoms with E-state index in [2.05, 4.69) is 5.32 Å². The molecular formula is C26H29N3O5S. The van der Waals surface area contributed by atoms with Crippen LogP contribution in [-0.4, -0.2) is 58.4 Å². The molecule has 1 fully saturated rings. The van der Waals surface area contributed by atoms with Crippen LogP contribution >= 0.6 is 0 Å². The second-order valence-corrected chi connectivity index (χ2v) is 10.5. The van der Waals surface area contributed by atoms with E-state index >= 15 is 0 Å². The molecule has 0 radical (unpaired) electrons. The molecule has 184 valence electrons. The average molecular weight is 496 g/mol. The van der Waals surface area contributed by atoms with Gasteiger partial charge in [-0.1, -0.05) is 78.9 Å². The first kappa shape index (κ1) is 25.0. The first-order valence-electron chi connectivity index (χ1n) is 11.4. The van der Waals surface area contributed by atoms with E-state index in [1.165, 1.54) is 4.31 Å². The number of aliphatic hydroxyl groups is 2. The summed E-state index contributed by atoms with van der Waals surface area (Å²) in [6.45, 7) is -0.483. The Morgan fingerprint density at radius 2 is 1.29 bits per heavy atom. The maximum atomic E-state index is 13.5. The highest BCUT2D eigenvalue weighted by atomic mass is 32.2. The van der Waals surface area contributed by atoms with Gasteiger partial charge in [-0.3, -0.25) is 4.79 Å². The molecule has 8 nitrogen and oxygen atoms in total. The molecule has 1 saturated heterocycles. The van der Waals surface area contributed by atoms with E-state index in [0.717, 1.165) is 15.4 Å². The highest BCUT2D eigenvalue weighted by molar-refractivity contribution is 7.86. The van der Waals surface area contributed by atoms with Crippen LogP contribution < -0.4 is 5.32 Å². The van der Waals surface area contributed by atoms with Crippen LogP contribution in [0.1, 0.15) is 16.7 Å². The number of anilines is 1. The van der Waals surface area contributed by atoms with Gasteiger partial charge in [-0.15, -0.1) is 0 Å². The van der Waals surface area contributed by atoms with E-state index in [1.54, 1.807) is 24.3 Å². The number of amides is 1. The number of rotatable bonds is 7. The van der Waals surface area contributed by atoms with Crippen molar-refractivity contribution >= 4 is 21.8 Å². The highest BCUT2D eigenvalue weighted by Gasteiger charge is 2.39. The second kappa shape index (κ2) is 11.1. The van der Waals surface area contributed by atoms with Gasteiger partial charge in [-0.2, -0.15) is 17.0 Å². The monoisotopic (exact) mass is 495 g/mol. The molecule has 9 heteroatoms. The van der Waals surface area contributed by atoms with E-state index in [9.17, 15) is 23.4 Å². The van der Waals surface area contributed by atoms with E-state index < -0.39 is 22.4 Å². The van der Waals surface area contributed by atoms with E-state index in [0.29, 0.717) is 11.3 Å². The van der Waals surface area contributed by atoms with Crippen molar-refractivity contribution in [3.63, 3.8) is 0 Å². The Kier molecular flexibility index (Phi) is 7.94. The first-order chi connectivity index (χ1) is 16.8. The van der Waals surface area contributed by atoms with Crippen molar-refractivity contribution in [2.75, 3.05) is 18.4 Å². The smallest absolute Gasteiger partial charge is 0.282 e. The van der Waals surface area contributed by atoms with Gasteiger partial charge in [-0.25, -0.2) is 0 Å². The Bertz CT molecular complexity index is 1240. The number of benzene rings is 3. The number of carbonyl (C=O) groups is 1. The van der Waals surface area contributed by atoms with Gasteiger partial charge >= 0.3 is 0 Å². The second-order valence-electron chi connectivity index (χ2n) is 8.58. The van der Waals surface area contributed by atoms with Crippen molar-refractivity contribution in [1.82, 2.24) is 8.61 Å². The summed E-state index contributed by atoms with van der Waals surface area (Å²) < 4.78 is 29.4. The van der Waals surface area contributed by atoms with Crippen LogP contribution in [0.25, 0.3) is 0 Å². The molecule has 3 aromatic rings. The Balaban J connectivity index is 1.55. The summed E-state index contributed by atoms with van der Waals surface area (Å²) >= 11 is 0. The molecule has 0 aromatic heterocycles. The molecule has 3 N–H and O–H groups in total. The van der Waals surface area contributed by atoms with E-state index in [4.69, 9.17) is 0 Å². The lowest BCUT2D eigenvalue weighted by Crippen LogP contribution is -2.42. The van der Waals surface area contributed by atoms with Crippen LogP contribution in [0.4, 0.5) is 5.69 Å². The lowest BCUT2D eigenvalue weighted by molar-refractivity contribution is -0.115. The molecule has 0 saturated carbocycles. The van der Waals surface area contributed by atoms with Crippen molar-refractivity contribution in [1.29, 1.82) is 0 Å². The number of nitrogens with zero attached hydrogens (tertiary/aromatic N) is 2. The largest absolute Gasteiger partial charge is 0.389 e. The van der Waals surface area contributed by atoms with Crippen LogP contribution in [0.15, 0.2) is 84.9 Å². The van der Waals surface area contributed by atoms with Gasteiger partial charge in [0, 0.05) is 31.9 Å². The molecule has 0 bridgehead atoms. The number of aliphatic hydroxyl groups excluding tert-OH is 2. The van der Waals surface area contributed by atoms with Crippen molar-refractivity contribution in [3.8, 4) is 0 Å². The average Bonchev–Trinajstić information content (AvgIpc) is 2.92. The number of nitrogens with one attached hydrogen (secondary N) is 1. The van der Waals surface area contributed by atoms with Gasteiger partial charge in [0.2, 0.25) is 5.91 Å². The number of β-amino-alcohol motifs (C(OH)–C–C–N with tert-alkyl or cyclic N) is 2. The van der Waals surface area contributed by atoms with Crippen molar-refractivity contribution in [2.45, 2.75) is 31.7 Å². The number of hydrogen-bond acceptors (Lipinski definition) is 5. The zero-order valence-electron chi connectivity index (χ0n) is 19.2. The molecule has 0 spiro atoms. The van der Waals surface area contributed by atoms with E-state index in [-0.39, 0.29) is 38.5 Å². The molecule has 0 aliphatic carbocycles. The van der Waals surface area contributed by atoms with Crippen molar-refractivity contribution in [2.24, 2.45) is 0 Å². The summed E-state index contributed by atoms with van der Waals surface area (Å²) in [4.78, 5) is 12.6. The molecular weight excluding hydrogens is 466 g/mol. The number of para-hydroxylation sites is 1. The maximum absolute atomic E-state index is 13.5. The Morgan fingerprint density at radius 3 is 1.91 bits per heavy atom. The fourth-order valence-corrected chi connectivity index (χ4v) is 5.66. The SMILES string of the molecule is O=C(Cc1ccccc1)Nc1ccccc1CN1C[C@H](O)[C@@H](O)CN(Cc2ccccc2)S1(=O)=O. The predicted octanol–water partition coefficient (Wildman–Crippen LogP) is 2.15. The third-order valence-electron chi connectivity index (χ3n) is 5.93. The molecule has 0 unspecified atom stereocenters. The summed E-state index contributed by atoms with van der Waals surface area (Å²) in [5.41, 5.74) is 2.72. The molecule has 35 heavy (non-hydrogen) atoms. The summed E-state index contributed by atoms with van der Waals surface area (Å²) in [6, 6.07) is 25.4. The molecule has 1 amide bonds. The Labute approximate surface area is 205 Å². The van der Waals surface area contributed by atoms with Crippen molar-refractivity contribution < 1.29 is 23.4 Å². The standard InChI is InChI=1S/C26H29N3O5S/c30-24-18-28(16-21-11-5-2-6-12-21)35(33,34)29(19-25(24)31)17-22-13-7-8-14-23(22)27-26(32)15-20-9-3-1-4-10-20/h1-14,24-25,30-31H,15-19H2,(H,27,32)/t24-,25-/m0/s1.